The highest BCUT2D eigenvalue weighted by molar-refractivity contribution is 6.24. The van der Waals surface area contributed by atoms with Crippen molar-refractivity contribution in [2.75, 3.05) is 0 Å². The van der Waals surface area contributed by atoms with Crippen molar-refractivity contribution < 1.29 is 0 Å². The summed E-state index contributed by atoms with van der Waals surface area (Å²) in [7, 11) is 0. The van der Waals surface area contributed by atoms with E-state index >= 15 is 0 Å². The predicted molar refractivity (Wildman–Crippen MR) is 145 cm³/mol. The van der Waals surface area contributed by atoms with Gasteiger partial charge in [-0.05, 0) is 64.0 Å². The lowest BCUT2D eigenvalue weighted by Crippen LogP contribution is -1.93. The van der Waals surface area contributed by atoms with Crippen molar-refractivity contribution in [3.05, 3.63) is 115 Å². The van der Waals surface area contributed by atoms with Gasteiger partial charge in [-0.1, -0.05) is 72.8 Å². The number of H-pyrrole nitrogens is 1. The summed E-state index contributed by atoms with van der Waals surface area (Å²) in [6, 6.07) is 41.8. The molecule has 6 aromatic carbocycles. The number of para-hydroxylation sites is 1. The molecule has 34 heavy (non-hydrogen) atoms. The quantitative estimate of drug-likeness (QED) is 0.268. The molecule has 0 bridgehead atoms. The SMILES string of the molecule is c1ccc(-n2c3cc4ccccc4cc3c3cc4[nH]c5ccc6ccccc6c5c4cc32)cc1. The summed E-state index contributed by atoms with van der Waals surface area (Å²) in [5, 5.41) is 10.2. The Labute approximate surface area is 195 Å². The highest BCUT2D eigenvalue weighted by Gasteiger charge is 2.17. The van der Waals surface area contributed by atoms with Crippen LogP contribution in [0.4, 0.5) is 0 Å². The number of aromatic nitrogens is 2. The van der Waals surface area contributed by atoms with Crippen molar-refractivity contribution in [1.29, 1.82) is 0 Å². The number of rotatable bonds is 1. The van der Waals surface area contributed by atoms with Crippen LogP contribution < -0.4 is 0 Å². The van der Waals surface area contributed by atoms with E-state index in [1.165, 1.54) is 70.8 Å². The summed E-state index contributed by atoms with van der Waals surface area (Å²) >= 11 is 0. The van der Waals surface area contributed by atoms with Crippen LogP contribution in [0.1, 0.15) is 0 Å². The number of hydrogen-bond acceptors (Lipinski definition) is 0. The Kier molecular flexibility index (Phi) is 3.42. The summed E-state index contributed by atoms with van der Waals surface area (Å²) < 4.78 is 2.42. The van der Waals surface area contributed by atoms with Gasteiger partial charge in [0.1, 0.15) is 0 Å². The molecule has 2 heteroatoms. The van der Waals surface area contributed by atoms with Gasteiger partial charge in [0.2, 0.25) is 0 Å². The number of fused-ring (bicyclic) bond motifs is 9. The van der Waals surface area contributed by atoms with Crippen LogP contribution in [-0.2, 0) is 0 Å². The highest BCUT2D eigenvalue weighted by atomic mass is 15.0. The lowest BCUT2D eigenvalue weighted by Gasteiger charge is -2.08. The number of benzene rings is 6. The standard InChI is InChI=1S/C32H20N2/c1-2-11-23(12-3-1)34-30-17-22-10-5-4-9-21(22)16-25(30)26-18-29-27(19-31(26)34)32-24-13-7-6-8-20(24)14-15-28(32)33-29/h1-19,33H. The Morgan fingerprint density at radius 2 is 1.12 bits per heavy atom. The van der Waals surface area contributed by atoms with Crippen LogP contribution in [-0.4, -0.2) is 9.55 Å². The molecule has 0 aliphatic rings. The van der Waals surface area contributed by atoms with Gasteiger partial charge in [0.05, 0.1) is 11.0 Å². The maximum atomic E-state index is 3.70. The highest BCUT2D eigenvalue weighted by Crippen LogP contribution is 2.40. The second-order valence-corrected chi connectivity index (χ2v) is 9.14. The van der Waals surface area contributed by atoms with Crippen LogP contribution in [0, 0.1) is 0 Å². The Morgan fingerprint density at radius 1 is 0.441 bits per heavy atom. The first-order valence-electron chi connectivity index (χ1n) is 11.7. The van der Waals surface area contributed by atoms with Gasteiger partial charge in [-0.15, -0.1) is 0 Å². The average Bonchev–Trinajstić information content (AvgIpc) is 3.41. The van der Waals surface area contributed by atoms with Gasteiger partial charge < -0.3 is 9.55 Å². The Balaban J connectivity index is 1.61. The largest absolute Gasteiger partial charge is 0.354 e. The van der Waals surface area contributed by atoms with E-state index < -0.39 is 0 Å². The second kappa shape index (κ2) is 6.49. The van der Waals surface area contributed by atoms with Crippen LogP contribution >= 0.6 is 0 Å². The molecule has 8 aromatic rings. The van der Waals surface area contributed by atoms with E-state index in [9.17, 15) is 0 Å². The van der Waals surface area contributed by atoms with Crippen LogP contribution in [0.5, 0.6) is 0 Å². The minimum Gasteiger partial charge on any atom is -0.354 e. The Morgan fingerprint density at radius 3 is 1.97 bits per heavy atom. The molecule has 0 aliphatic heterocycles. The minimum atomic E-state index is 1.18. The smallest absolute Gasteiger partial charge is 0.0548 e. The fraction of sp³-hybridized carbons (Fsp3) is 0. The molecular weight excluding hydrogens is 412 g/mol. The molecule has 0 saturated heterocycles. The van der Waals surface area contributed by atoms with E-state index in [0.29, 0.717) is 0 Å². The van der Waals surface area contributed by atoms with Gasteiger partial charge in [-0.3, -0.25) is 0 Å². The predicted octanol–water partition coefficient (Wildman–Crippen LogP) is 8.72. The number of aromatic amines is 1. The molecule has 0 unspecified atom stereocenters. The molecule has 0 aliphatic carbocycles. The van der Waals surface area contributed by atoms with Crippen LogP contribution in [0.15, 0.2) is 115 Å². The molecule has 8 rings (SSSR count). The lowest BCUT2D eigenvalue weighted by atomic mass is 10.0. The van der Waals surface area contributed by atoms with Gasteiger partial charge in [-0.25, -0.2) is 0 Å². The van der Waals surface area contributed by atoms with Crippen LogP contribution in [0.3, 0.4) is 0 Å². The molecule has 2 aromatic heterocycles. The second-order valence-electron chi connectivity index (χ2n) is 9.14. The fourth-order valence-electron chi connectivity index (χ4n) is 5.72. The maximum absolute atomic E-state index is 3.70. The third-order valence-corrected chi connectivity index (χ3v) is 7.25. The summed E-state index contributed by atoms with van der Waals surface area (Å²) in [5.41, 5.74) is 6.02. The van der Waals surface area contributed by atoms with Crippen LogP contribution in [0.25, 0.3) is 70.8 Å². The zero-order chi connectivity index (χ0) is 22.2. The molecule has 2 nitrogen and oxygen atoms in total. The zero-order valence-corrected chi connectivity index (χ0v) is 18.4. The number of nitrogens with one attached hydrogen (secondary N) is 1. The molecule has 0 atom stereocenters. The molecule has 2 heterocycles. The molecule has 0 amide bonds. The van der Waals surface area contributed by atoms with E-state index in [2.05, 4.69) is 125 Å². The van der Waals surface area contributed by atoms with Gasteiger partial charge in [0.15, 0.2) is 0 Å². The summed E-state index contributed by atoms with van der Waals surface area (Å²) in [5.74, 6) is 0. The normalized spacial score (nSPS) is 12.1. The molecular formula is C32H20N2. The molecule has 1 N–H and O–H groups in total. The van der Waals surface area contributed by atoms with Gasteiger partial charge in [0, 0.05) is 38.3 Å². The van der Waals surface area contributed by atoms with Crippen molar-refractivity contribution in [3.63, 3.8) is 0 Å². The van der Waals surface area contributed by atoms with E-state index in [1.807, 2.05) is 0 Å². The topological polar surface area (TPSA) is 20.7 Å². The third kappa shape index (κ3) is 2.35. The van der Waals surface area contributed by atoms with E-state index in [1.54, 1.807) is 0 Å². The van der Waals surface area contributed by atoms with Crippen molar-refractivity contribution in [2.24, 2.45) is 0 Å². The maximum Gasteiger partial charge on any atom is 0.0548 e. The summed E-state index contributed by atoms with van der Waals surface area (Å²) in [6.07, 6.45) is 0. The molecule has 0 fully saturated rings. The van der Waals surface area contributed by atoms with Crippen molar-refractivity contribution >= 4 is 65.2 Å². The monoisotopic (exact) mass is 432 g/mol. The van der Waals surface area contributed by atoms with E-state index in [0.717, 1.165) is 0 Å². The molecule has 0 saturated carbocycles. The van der Waals surface area contributed by atoms with Crippen LogP contribution in [0.2, 0.25) is 0 Å². The van der Waals surface area contributed by atoms with Gasteiger partial charge in [0.25, 0.3) is 0 Å². The summed E-state index contributed by atoms with van der Waals surface area (Å²) in [6.45, 7) is 0. The van der Waals surface area contributed by atoms with Crippen molar-refractivity contribution in [1.82, 2.24) is 9.55 Å². The molecule has 158 valence electrons. The molecule has 0 radical (unpaired) electrons. The number of nitrogens with zero attached hydrogens (tertiary/aromatic N) is 1. The summed E-state index contributed by atoms with van der Waals surface area (Å²) in [4.78, 5) is 3.70. The first-order valence-corrected chi connectivity index (χ1v) is 11.7. The fourth-order valence-corrected chi connectivity index (χ4v) is 5.72. The Bertz CT molecular complexity index is 2060. The lowest BCUT2D eigenvalue weighted by molar-refractivity contribution is 1.18. The van der Waals surface area contributed by atoms with E-state index in [-0.39, 0.29) is 0 Å². The Hall–Kier alpha value is -4.56. The van der Waals surface area contributed by atoms with Crippen molar-refractivity contribution in [2.45, 2.75) is 0 Å². The van der Waals surface area contributed by atoms with Crippen molar-refractivity contribution in [3.8, 4) is 5.69 Å². The zero-order valence-electron chi connectivity index (χ0n) is 18.4. The number of hydrogen-bond donors (Lipinski definition) is 1. The van der Waals surface area contributed by atoms with Gasteiger partial charge in [-0.2, -0.15) is 0 Å². The van der Waals surface area contributed by atoms with Gasteiger partial charge >= 0.3 is 0 Å². The first-order chi connectivity index (χ1) is 16.8. The average molecular weight is 433 g/mol. The minimum absolute atomic E-state index is 1.18. The molecule has 0 spiro atoms. The first kappa shape index (κ1) is 17.9. The van der Waals surface area contributed by atoms with E-state index in [4.69, 9.17) is 0 Å². The third-order valence-electron chi connectivity index (χ3n) is 7.25.